The van der Waals surface area contributed by atoms with Gasteiger partial charge in [-0.2, -0.15) is 9.78 Å². The smallest absolute Gasteiger partial charge is 0.309 e. The number of anilines is 1. The fourth-order valence-electron chi connectivity index (χ4n) is 3.26. The van der Waals surface area contributed by atoms with E-state index in [1.165, 1.54) is 39.7 Å². The minimum atomic E-state index is -0.766. The van der Waals surface area contributed by atoms with Gasteiger partial charge in [0.1, 0.15) is 5.69 Å². The molecule has 0 radical (unpaired) electrons. The molecule has 0 unspecified atom stereocenters. The Hall–Kier alpha value is -2.71. The van der Waals surface area contributed by atoms with Crippen LogP contribution in [0.15, 0.2) is 56.8 Å². The first-order chi connectivity index (χ1) is 16.9. The van der Waals surface area contributed by atoms with Gasteiger partial charge in [-0.3, -0.25) is 9.59 Å². The summed E-state index contributed by atoms with van der Waals surface area (Å²) in [5.41, 5.74) is 0.605. The van der Waals surface area contributed by atoms with E-state index in [0.717, 1.165) is 26.5 Å². The molecule has 1 N–H and O–H groups in total. The largest absolute Gasteiger partial charge is 0.363 e. The van der Waals surface area contributed by atoms with Crippen LogP contribution in [0.1, 0.15) is 20.2 Å². The van der Waals surface area contributed by atoms with Crippen molar-refractivity contribution in [1.82, 2.24) is 23.7 Å². The van der Waals surface area contributed by atoms with Gasteiger partial charge >= 0.3 is 5.91 Å². The Bertz CT molecular complexity index is 1560. The maximum absolute atomic E-state index is 15.7. The molecule has 0 aromatic carbocycles. The molecule has 0 aliphatic heterocycles. The van der Waals surface area contributed by atoms with E-state index in [1.54, 1.807) is 29.9 Å². The fourth-order valence-corrected chi connectivity index (χ4v) is 5.92. The highest BCUT2D eigenvalue weighted by atomic mass is 79.9. The van der Waals surface area contributed by atoms with Gasteiger partial charge in [-0.1, -0.05) is 11.6 Å². The van der Waals surface area contributed by atoms with Crippen molar-refractivity contribution >= 4 is 73.5 Å². The van der Waals surface area contributed by atoms with Crippen LogP contribution in [-0.2, 0) is 13.1 Å². The lowest BCUT2D eigenvalue weighted by Crippen LogP contribution is -2.19. The number of thiophene rings is 1. The van der Waals surface area contributed by atoms with Crippen LogP contribution in [0.3, 0.4) is 0 Å². The zero-order chi connectivity index (χ0) is 24.5. The highest BCUT2D eigenvalue weighted by Gasteiger charge is 2.27. The molecule has 0 atom stereocenters. The second-order valence-electron chi connectivity index (χ2n) is 7.16. The number of thiazole rings is 1. The average Bonchev–Trinajstić information content (AvgIpc) is 3.63. The number of pyridine rings is 1. The number of carbonyl (C=O) groups excluding carboxylic acids is 1. The first-order valence-electron chi connectivity index (χ1n) is 9.90. The molecule has 0 saturated heterocycles. The molecule has 0 fully saturated rings. The topological polar surface area (TPSA) is 94.7 Å². The van der Waals surface area contributed by atoms with Gasteiger partial charge in [-0.25, -0.2) is 13.7 Å². The Morgan fingerprint density at radius 2 is 2.17 bits per heavy atom. The van der Waals surface area contributed by atoms with Crippen molar-refractivity contribution in [3.05, 3.63) is 88.0 Å². The van der Waals surface area contributed by atoms with E-state index in [9.17, 15) is 9.59 Å². The molecule has 0 spiro atoms. The van der Waals surface area contributed by atoms with E-state index >= 15 is 4.39 Å². The van der Waals surface area contributed by atoms with Gasteiger partial charge in [0, 0.05) is 55.9 Å². The zero-order valence-corrected chi connectivity index (χ0v) is 22.2. The van der Waals surface area contributed by atoms with Crippen molar-refractivity contribution < 1.29 is 9.18 Å². The lowest BCUT2D eigenvalue weighted by atomic mass is 10.2. The predicted molar refractivity (Wildman–Crippen MR) is 139 cm³/mol. The van der Waals surface area contributed by atoms with Crippen LogP contribution >= 0.6 is 61.7 Å². The molecule has 8 nitrogen and oxygen atoms in total. The molecule has 0 aliphatic rings. The molecule has 0 amide bonds. The van der Waals surface area contributed by atoms with E-state index in [1.807, 2.05) is 5.38 Å². The first-order valence-corrected chi connectivity index (χ1v) is 13.6. The molecule has 35 heavy (non-hydrogen) atoms. The van der Waals surface area contributed by atoms with E-state index in [-0.39, 0.29) is 34.2 Å². The van der Waals surface area contributed by atoms with Gasteiger partial charge in [0.15, 0.2) is 16.6 Å². The van der Waals surface area contributed by atoms with Gasteiger partial charge in [0.25, 0.3) is 5.56 Å². The van der Waals surface area contributed by atoms with E-state index in [4.69, 9.17) is 11.6 Å². The van der Waals surface area contributed by atoms with Gasteiger partial charge in [-0.05, 0) is 39.6 Å². The highest BCUT2D eigenvalue weighted by Crippen LogP contribution is 2.33. The molecule has 14 heteroatoms. The summed E-state index contributed by atoms with van der Waals surface area (Å²) in [4.78, 5) is 30.7. The molecule has 5 aromatic heterocycles. The number of rotatable bonds is 7. The van der Waals surface area contributed by atoms with Crippen LogP contribution in [0.25, 0.3) is 11.3 Å². The molecule has 178 valence electrons. The summed E-state index contributed by atoms with van der Waals surface area (Å²) >= 11 is 13.2. The summed E-state index contributed by atoms with van der Waals surface area (Å²) in [6, 6.07) is 4.83. The summed E-state index contributed by atoms with van der Waals surface area (Å²) in [5.74, 6) is -1.49. The maximum Gasteiger partial charge on any atom is 0.309 e. The maximum atomic E-state index is 15.7. The second-order valence-corrected chi connectivity index (χ2v) is 11.4. The van der Waals surface area contributed by atoms with Gasteiger partial charge < -0.3 is 9.88 Å². The van der Waals surface area contributed by atoms with Crippen molar-refractivity contribution in [3.63, 3.8) is 0 Å². The Morgan fingerprint density at radius 3 is 2.86 bits per heavy atom. The molecule has 5 aromatic rings. The number of halogens is 3. The van der Waals surface area contributed by atoms with E-state index in [0.29, 0.717) is 15.4 Å². The van der Waals surface area contributed by atoms with Crippen LogP contribution in [0.2, 0.25) is 4.34 Å². The average molecular weight is 612 g/mol. The van der Waals surface area contributed by atoms with Gasteiger partial charge in [0.05, 0.1) is 17.4 Å². The third-order valence-corrected chi connectivity index (χ3v) is 8.12. The van der Waals surface area contributed by atoms with Crippen molar-refractivity contribution in [2.45, 2.75) is 13.1 Å². The number of carbonyl (C=O) groups is 1. The molecular formula is C21H13BrClFN6O2S3. The van der Waals surface area contributed by atoms with Crippen molar-refractivity contribution in [2.24, 2.45) is 0 Å². The lowest BCUT2D eigenvalue weighted by Gasteiger charge is -2.08. The Morgan fingerprint density at radius 1 is 1.31 bits per heavy atom. The van der Waals surface area contributed by atoms with Crippen molar-refractivity contribution in [3.8, 4) is 11.3 Å². The molecule has 5 rings (SSSR count). The third kappa shape index (κ3) is 5.00. The monoisotopic (exact) mass is 610 g/mol. The van der Waals surface area contributed by atoms with Gasteiger partial charge in [0.2, 0.25) is 0 Å². The quantitative estimate of drug-likeness (QED) is 0.258. The predicted octanol–water partition coefficient (Wildman–Crippen LogP) is 5.59. The van der Waals surface area contributed by atoms with E-state index in [2.05, 4.69) is 35.7 Å². The standard InChI is InChI=1S/C21H13BrClFN6O2S3/c22-14-9-29(8-11-6-27-34-10-11)16(31)5-13(14)18-17(24)19(26-7-12-1-2-15(23)35-12)30(28-18)21(32)20-25-3-4-33-20/h1-6,9-10,26H,7-8H2. The normalized spacial score (nSPS) is 11.2. The second kappa shape index (κ2) is 10.1. The van der Waals surface area contributed by atoms with Crippen LogP contribution in [0, 0.1) is 5.82 Å². The van der Waals surface area contributed by atoms with Crippen LogP contribution in [0.4, 0.5) is 10.2 Å². The minimum Gasteiger partial charge on any atom is -0.363 e. The zero-order valence-electron chi connectivity index (χ0n) is 17.4. The number of nitrogens with one attached hydrogen (secondary N) is 1. The van der Waals surface area contributed by atoms with E-state index < -0.39 is 11.7 Å². The molecule has 0 bridgehead atoms. The van der Waals surface area contributed by atoms with Gasteiger partial charge in [-0.15, -0.1) is 22.7 Å². The van der Waals surface area contributed by atoms with Crippen molar-refractivity contribution in [1.29, 1.82) is 0 Å². The lowest BCUT2D eigenvalue weighted by molar-refractivity contribution is 0.0947. The van der Waals surface area contributed by atoms with Crippen molar-refractivity contribution in [2.75, 3.05) is 5.32 Å². The summed E-state index contributed by atoms with van der Waals surface area (Å²) in [7, 11) is 0. The van der Waals surface area contributed by atoms with Crippen LogP contribution in [0.5, 0.6) is 0 Å². The van der Waals surface area contributed by atoms with Crippen LogP contribution in [-0.4, -0.2) is 29.6 Å². The third-order valence-electron chi connectivity index (χ3n) is 4.86. The molecule has 5 heterocycles. The number of hydrogen-bond donors (Lipinski definition) is 1. The Labute approximate surface area is 223 Å². The Kier molecular flexibility index (Phi) is 6.93. The first kappa shape index (κ1) is 24.0. The fraction of sp³-hybridized carbons (Fsp3) is 0.0952. The summed E-state index contributed by atoms with van der Waals surface area (Å²) < 4.78 is 23.2. The summed E-state index contributed by atoms with van der Waals surface area (Å²) in [6.07, 6.45) is 4.74. The summed E-state index contributed by atoms with van der Waals surface area (Å²) in [6.45, 7) is 0.547. The van der Waals surface area contributed by atoms with Crippen LogP contribution < -0.4 is 10.9 Å². The Balaban J connectivity index is 1.55. The molecule has 0 saturated carbocycles. The number of nitrogens with zero attached hydrogens (tertiary/aromatic N) is 5. The highest BCUT2D eigenvalue weighted by molar-refractivity contribution is 9.10. The number of hydrogen-bond acceptors (Lipinski definition) is 9. The molecular weight excluding hydrogens is 599 g/mol. The molecule has 0 aliphatic carbocycles. The minimum absolute atomic E-state index is 0.134. The SMILES string of the molecule is O=C(c1nccs1)n1nc(-c2cc(=O)n(Cc3cnsc3)cc2Br)c(F)c1NCc1ccc(Cl)s1. The number of aromatic nitrogens is 5. The summed E-state index contributed by atoms with van der Waals surface area (Å²) in [5, 5.41) is 10.8.